The number of hydrogen-bond acceptors (Lipinski definition) is 4. The number of rotatable bonds is 3. The fraction of sp³-hybridized carbons (Fsp3) is 0. The summed E-state index contributed by atoms with van der Waals surface area (Å²) in [6.45, 7) is 0. The Morgan fingerprint density at radius 2 is 1.74 bits per heavy atom. The second-order valence-corrected chi connectivity index (χ2v) is 4.95. The third-order valence-corrected chi connectivity index (χ3v) is 3.47. The molecule has 0 aliphatic carbocycles. The minimum atomic E-state index is -0.707. The fourth-order valence-electron chi connectivity index (χ4n) is 2.30. The van der Waals surface area contributed by atoms with Gasteiger partial charge in [0, 0.05) is 11.6 Å². The number of fused-ring (bicyclic) bond motifs is 1. The van der Waals surface area contributed by atoms with Crippen molar-refractivity contribution in [2.75, 3.05) is 5.32 Å². The van der Waals surface area contributed by atoms with Gasteiger partial charge in [-0.1, -0.05) is 36.4 Å². The number of hydrogen-bond donors (Lipinski definition) is 2. The molecule has 0 aliphatic rings. The molecule has 0 heterocycles. The lowest BCUT2D eigenvalue weighted by Gasteiger charge is -2.08. The van der Waals surface area contributed by atoms with Gasteiger partial charge in [-0.05, 0) is 29.0 Å². The van der Waals surface area contributed by atoms with Crippen LogP contribution in [0.1, 0.15) is 10.4 Å². The molecule has 6 nitrogen and oxygen atoms in total. The Bertz CT molecular complexity index is 921. The lowest BCUT2D eigenvalue weighted by Crippen LogP contribution is -2.12. The standard InChI is InChI=1S/C17H12N2O4/c20-16-14(6-3-7-15(16)19(22)23)18-17(21)13-9-8-11-4-1-2-5-12(11)10-13/h1-10,20H,(H,18,21). The van der Waals surface area contributed by atoms with Crippen LogP contribution in [0.2, 0.25) is 0 Å². The first-order valence-electron chi connectivity index (χ1n) is 6.83. The number of carbonyl (C=O) groups excluding carboxylic acids is 1. The number of nitro benzene ring substituents is 1. The van der Waals surface area contributed by atoms with Crippen molar-refractivity contribution in [2.24, 2.45) is 0 Å². The average molecular weight is 308 g/mol. The molecular weight excluding hydrogens is 296 g/mol. The third kappa shape index (κ3) is 2.82. The van der Waals surface area contributed by atoms with Crippen molar-refractivity contribution in [3.8, 4) is 5.75 Å². The van der Waals surface area contributed by atoms with Gasteiger partial charge in [-0.2, -0.15) is 0 Å². The van der Waals surface area contributed by atoms with Crippen LogP contribution in [-0.2, 0) is 0 Å². The zero-order valence-corrected chi connectivity index (χ0v) is 11.9. The maximum Gasteiger partial charge on any atom is 0.312 e. The second kappa shape index (κ2) is 5.76. The van der Waals surface area contributed by atoms with Crippen molar-refractivity contribution < 1.29 is 14.8 Å². The molecule has 0 atom stereocenters. The van der Waals surface area contributed by atoms with Crippen molar-refractivity contribution in [2.45, 2.75) is 0 Å². The number of aromatic hydroxyl groups is 1. The van der Waals surface area contributed by atoms with E-state index >= 15 is 0 Å². The smallest absolute Gasteiger partial charge is 0.312 e. The third-order valence-electron chi connectivity index (χ3n) is 3.47. The minimum Gasteiger partial charge on any atom is -0.501 e. The number of amides is 1. The van der Waals surface area contributed by atoms with Gasteiger partial charge in [0.25, 0.3) is 5.91 Å². The van der Waals surface area contributed by atoms with Crippen LogP contribution in [0.15, 0.2) is 60.7 Å². The number of benzene rings is 3. The van der Waals surface area contributed by atoms with Gasteiger partial charge in [0.2, 0.25) is 5.75 Å². The maximum atomic E-state index is 12.3. The molecule has 114 valence electrons. The Morgan fingerprint density at radius 1 is 1.00 bits per heavy atom. The molecule has 23 heavy (non-hydrogen) atoms. The number of para-hydroxylation sites is 1. The Morgan fingerprint density at radius 3 is 2.48 bits per heavy atom. The Hall–Kier alpha value is -3.41. The molecule has 0 spiro atoms. The molecule has 0 radical (unpaired) electrons. The molecule has 2 N–H and O–H groups in total. The minimum absolute atomic E-state index is 0.00245. The average Bonchev–Trinajstić information content (AvgIpc) is 2.56. The van der Waals surface area contributed by atoms with Crippen LogP contribution < -0.4 is 5.32 Å². The Labute approximate surface area is 131 Å². The molecule has 0 unspecified atom stereocenters. The summed E-state index contributed by atoms with van der Waals surface area (Å²) < 4.78 is 0. The van der Waals surface area contributed by atoms with E-state index in [9.17, 15) is 20.0 Å². The number of nitrogens with zero attached hydrogens (tertiary/aromatic N) is 1. The highest BCUT2D eigenvalue weighted by atomic mass is 16.6. The van der Waals surface area contributed by atoms with Crippen LogP contribution in [0.4, 0.5) is 11.4 Å². The number of phenolic OH excluding ortho intramolecular Hbond substituents is 1. The molecule has 3 aromatic rings. The molecule has 0 saturated carbocycles. The number of carbonyl (C=O) groups is 1. The Kier molecular flexibility index (Phi) is 3.64. The molecule has 0 aliphatic heterocycles. The summed E-state index contributed by atoms with van der Waals surface area (Å²) in [6, 6.07) is 16.8. The predicted octanol–water partition coefficient (Wildman–Crippen LogP) is 3.71. The summed E-state index contributed by atoms with van der Waals surface area (Å²) in [5, 5.41) is 25.1. The highest BCUT2D eigenvalue weighted by molar-refractivity contribution is 6.07. The summed E-state index contributed by atoms with van der Waals surface area (Å²) in [6.07, 6.45) is 0. The number of anilines is 1. The van der Waals surface area contributed by atoms with Gasteiger partial charge < -0.3 is 10.4 Å². The van der Waals surface area contributed by atoms with E-state index in [0.29, 0.717) is 5.56 Å². The quantitative estimate of drug-likeness (QED) is 0.438. The highest BCUT2D eigenvalue weighted by Crippen LogP contribution is 2.33. The molecule has 3 rings (SSSR count). The number of nitro groups is 1. The van der Waals surface area contributed by atoms with Gasteiger partial charge in [0.15, 0.2) is 0 Å². The first kappa shape index (κ1) is 14.5. The van der Waals surface area contributed by atoms with E-state index in [0.717, 1.165) is 10.8 Å². The molecule has 6 heteroatoms. The zero-order valence-electron chi connectivity index (χ0n) is 11.9. The molecule has 3 aromatic carbocycles. The lowest BCUT2D eigenvalue weighted by molar-refractivity contribution is -0.385. The largest absolute Gasteiger partial charge is 0.501 e. The normalized spacial score (nSPS) is 10.4. The van der Waals surface area contributed by atoms with Crippen LogP contribution in [0.3, 0.4) is 0 Å². The molecular formula is C17H12N2O4. The van der Waals surface area contributed by atoms with Gasteiger partial charge in [-0.15, -0.1) is 0 Å². The van der Waals surface area contributed by atoms with Gasteiger partial charge in [0.05, 0.1) is 10.6 Å². The van der Waals surface area contributed by atoms with Gasteiger partial charge in [0.1, 0.15) is 0 Å². The van der Waals surface area contributed by atoms with E-state index in [1.54, 1.807) is 12.1 Å². The van der Waals surface area contributed by atoms with Gasteiger partial charge >= 0.3 is 5.69 Å². The molecule has 1 amide bonds. The number of nitrogens with one attached hydrogen (secondary N) is 1. The highest BCUT2D eigenvalue weighted by Gasteiger charge is 2.18. The van der Waals surface area contributed by atoms with Gasteiger partial charge in [-0.3, -0.25) is 14.9 Å². The van der Waals surface area contributed by atoms with Crippen molar-refractivity contribution in [3.05, 3.63) is 76.3 Å². The Balaban J connectivity index is 1.92. The summed E-state index contributed by atoms with van der Waals surface area (Å²) >= 11 is 0. The van der Waals surface area contributed by atoms with E-state index in [4.69, 9.17) is 0 Å². The zero-order chi connectivity index (χ0) is 16.4. The summed E-state index contributed by atoms with van der Waals surface area (Å²) in [7, 11) is 0. The molecule has 0 aromatic heterocycles. The van der Waals surface area contributed by atoms with Gasteiger partial charge in [-0.25, -0.2) is 0 Å². The first-order chi connectivity index (χ1) is 11.1. The van der Waals surface area contributed by atoms with Crippen LogP contribution in [0.5, 0.6) is 5.75 Å². The summed E-state index contributed by atoms with van der Waals surface area (Å²) in [5.74, 6) is -1.02. The van der Waals surface area contributed by atoms with Crippen molar-refractivity contribution in [1.29, 1.82) is 0 Å². The van der Waals surface area contributed by atoms with Crippen LogP contribution in [-0.4, -0.2) is 15.9 Å². The van der Waals surface area contributed by atoms with E-state index in [1.807, 2.05) is 30.3 Å². The second-order valence-electron chi connectivity index (χ2n) is 4.95. The van der Waals surface area contributed by atoms with E-state index in [1.165, 1.54) is 18.2 Å². The SMILES string of the molecule is O=C(Nc1cccc([N+](=O)[O-])c1O)c1ccc2ccccc2c1. The summed E-state index contributed by atoms with van der Waals surface area (Å²) in [4.78, 5) is 22.4. The molecule has 0 saturated heterocycles. The van der Waals surface area contributed by atoms with Crippen molar-refractivity contribution in [1.82, 2.24) is 0 Å². The topological polar surface area (TPSA) is 92.5 Å². The van der Waals surface area contributed by atoms with E-state index in [2.05, 4.69) is 5.32 Å². The first-order valence-corrected chi connectivity index (χ1v) is 6.83. The maximum absolute atomic E-state index is 12.3. The monoisotopic (exact) mass is 308 g/mol. The van der Waals surface area contributed by atoms with E-state index < -0.39 is 22.3 Å². The van der Waals surface area contributed by atoms with Crippen molar-refractivity contribution in [3.63, 3.8) is 0 Å². The van der Waals surface area contributed by atoms with Crippen LogP contribution in [0, 0.1) is 10.1 Å². The fourth-order valence-corrected chi connectivity index (χ4v) is 2.30. The molecule has 0 bridgehead atoms. The molecule has 0 fully saturated rings. The summed E-state index contributed by atoms with van der Waals surface area (Å²) in [5.41, 5.74) is -0.0618. The number of phenols is 1. The lowest BCUT2D eigenvalue weighted by atomic mass is 10.1. The van der Waals surface area contributed by atoms with Crippen LogP contribution >= 0.6 is 0 Å². The predicted molar refractivity (Wildman–Crippen MR) is 86.7 cm³/mol. The van der Waals surface area contributed by atoms with Crippen molar-refractivity contribution >= 4 is 28.1 Å². The van der Waals surface area contributed by atoms with Crippen LogP contribution in [0.25, 0.3) is 10.8 Å². The van der Waals surface area contributed by atoms with E-state index in [-0.39, 0.29) is 5.69 Å².